The van der Waals surface area contributed by atoms with Crippen LogP contribution in [-0.2, 0) is 18.3 Å². The molecule has 1 aromatic heterocycles. The van der Waals surface area contributed by atoms with E-state index in [9.17, 15) is 14.9 Å². The number of aromatic nitrogens is 1. The van der Waals surface area contributed by atoms with E-state index in [1.807, 2.05) is 38.1 Å². The maximum absolute atomic E-state index is 13.1. The monoisotopic (exact) mass is 526 g/mol. The highest BCUT2D eigenvalue weighted by Gasteiger charge is 2.35. The lowest BCUT2D eigenvalue weighted by molar-refractivity contribution is -0.123. The molecule has 3 rings (SSSR count). The molecule has 1 amide bonds. The van der Waals surface area contributed by atoms with Gasteiger partial charge in [0.2, 0.25) is 0 Å². The van der Waals surface area contributed by atoms with Gasteiger partial charge in [-0.15, -0.1) is 0 Å². The SMILES string of the molecule is CCC(C)N1C(=O)/C(=C\c2c(C)c(C#N)c(=O)n(C)c2NCCc2ccc(OC)c(OC)c2)SC1=S. The summed E-state index contributed by atoms with van der Waals surface area (Å²) in [6, 6.07) is 7.71. The second-order valence-electron chi connectivity index (χ2n) is 8.41. The largest absolute Gasteiger partial charge is 0.493 e. The van der Waals surface area contributed by atoms with Crippen molar-refractivity contribution < 1.29 is 14.3 Å². The van der Waals surface area contributed by atoms with Gasteiger partial charge in [-0.25, -0.2) is 0 Å². The van der Waals surface area contributed by atoms with Crippen LogP contribution in [0.15, 0.2) is 27.9 Å². The number of amides is 1. The Kier molecular flexibility index (Phi) is 8.82. The van der Waals surface area contributed by atoms with Gasteiger partial charge in [0.15, 0.2) is 11.5 Å². The number of anilines is 1. The van der Waals surface area contributed by atoms with Gasteiger partial charge in [0, 0.05) is 25.2 Å². The first-order valence-corrected chi connectivity index (χ1v) is 12.8. The van der Waals surface area contributed by atoms with Gasteiger partial charge in [-0.05, 0) is 56.0 Å². The molecule has 1 aromatic carbocycles. The van der Waals surface area contributed by atoms with Crippen LogP contribution in [0.2, 0.25) is 0 Å². The topological polar surface area (TPSA) is 96.6 Å². The van der Waals surface area contributed by atoms with Gasteiger partial charge in [0.1, 0.15) is 21.8 Å². The number of thiocarbonyl (C=S) groups is 1. The first kappa shape index (κ1) is 27.3. The first-order chi connectivity index (χ1) is 17.2. The van der Waals surface area contributed by atoms with Gasteiger partial charge < -0.3 is 14.8 Å². The first-order valence-electron chi connectivity index (χ1n) is 11.5. The van der Waals surface area contributed by atoms with Crippen molar-refractivity contribution in [2.45, 2.75) is 39.7 Å². The molecule has 0 spiro atoms. The van der Waals surface area contributed by atoms with E-state index in [1.165, 1.54) is 16.3 Å². The average Bonchev–Trinajstić information content (AvgIpc) is 3.16. The van der Waals surface area contributed by atoms with E-state index in [4.69, 9.17) is 21.7 Å². The van der Waals surface area contributed by atoms with Gasteiger partial charge in [-0.3, -0.25) is 19.1 Å². The van der Waals surface area contributed by atoms with Gasteiger partial charge in [-0.1, -0.05) is 37.0 Å². The summed E-state index contributed by atoms with van der Waals surface area (Å²) in [7, 11) is 4.79. The molecular weight excluding hydrogens is 496 g/mol. The minimum Gasteiger partial charge on any atom is -0.493 e. The Morgan fingerprint density at radius 1 is 1.25 bits per heavy atom. The summed E-state index contributed by atoms with van der Waals surface area (Å²) in [5.74, 6) is 1.66. The Hall–Kier alpha value is -3.29. The number of nitrogens with one attached hydrogen (secondary N) is 1. The van der Waals surface area contributed by atoms with Crippen LogP contribution in [0.4, 0.5) is 5.82 Å². The molecule has 1 saturated heterocycles. The quantitative estimate of drug-likeness (QED) is 0.383. The lowest BCUT2D eigenvalue weighted by Gasteiger charge is -2.21. The minimum atomic E-state index is -0.395. The summed E-state index contributed by atoms with van der Waals surface area (Å²) < 4.78 is 12.6. The number of methoxy groups -OCH3 is 2. The molecule has 10 heteroatoms. The fourth-order valence-corrected chi connectivity index (χ4v) is 5.42. The summed E-state index contributed by atoms with van der Waals surface area (Å²) in [4.78, 5) is 28.1. The van der Waals surface area contributed by atoms with E-state index in [2.05, 4.69) is 5.32 Å². The molecular formula is C26H30N4O4S2. The molecule has 0 bridgehead atoms. The Morgan fingerprint density at radius 2 is 1.94 bits per heavy atom. The number of ether oxygens (including phenoxy) is 2. The Labute approximate surface area is 220 Å². The fraction of sp³-hybridized carbons (Fsp3) is 0.385. The predicted octanol–water partition coefficient (Wildman–Crippen LogP) is 4.24. The fourth-order valence-electron chi connectivity index (χ4n) is 3.98. The van der Waals surface area contributed by atoms with E-state index in [0.29, 0.717) is 50.6 Å². The zero-order valence-corrected chi connectivity index (χ0v) is 22.9. The summed E-state index contributed by atoms with van der Waals surface area (Å²) in [5, 5.41) is 13.0. The molecule has 0 saturated carbocycles. The van der Waals surface area contributed by atoms with Crippen molar-refractivity contribution in [2.24, 2.45) is 7.05 Å². The van der Waals surface area contributed by atoms with Crippen LogP contribution in [0.3, 0.4) is 0 Å². The molecule has 0 aliphatic carbocycles. The van der Waals surface area contributed by atoms with Crippen molar-refractivity contribution in [1.82, 2.24) is 9.47 Å². The third kappa shape index (κ3) is 5.27. The van der Waals surface area contributed by atoms with E-state index >= 15 is 0 Å². The van der Waals surface area contributed by atoms with E-state index in [-0.39, 0.29) is 17.5 Å². The predicted molar refractivity (Wildman–Crippen MR) is 148 cm³/mol. The normalized spacial score (nSPS) is 15.2. The number of benzene rings is 1. The van der Waals surface area contributed by atoms with Crippen molar-refractivity contribution in [3.63, 3.8) is 0 Å². The van der Waals surface area contributed by atoms with Gasteiger partial charge in [-0.2, -0.15) is 5.26 Å². The van der Waals surface area contributed by atoms with Crippen molar-refractivity contribution in [1.29, 1.82) is 5.26 Å². The standard InChI is InChI=1S/C26H30N4O4S2/c1-7-15(2)30-25(32)22(36-26(30)35)13-18-16(3)19(14-27)24(31)29(4)23(18)28-11-10-17-8-9-20(33-5)21(12-17)34-6/h8-9,12-13,15,28H,7,10-11H2,1-6H3/b22-13+. The molecule has 1 N–H and O–H groups in total. The molecule has 0 radical (unpaired) electrons. The van der Waals surface area contributed by atoms with E-state index in [0.717, 1.165) is 12.0 Å². The Morgan fingerprint density at radius 3 is 2.56 bits per heavy atom. The molecule has 36 heavy (non-hydrogen) atoms. The molecule has 1 unspecified atom stereocenters. The van der Waals surface area contributed by atoms with Crippen LogP contribution in [0.5, 0.6) is 11.5 Å². The van der Waals surface area contributed by atoms with Gasteiger partial charge in [0.05, 0.1) is 19.1 Å². The van der Waals surface area contributed by atoms with Crippen molar-refractivity contribution in [2.75, 3.05) is 26.1 Å². The number of hydrogen-bond acceptors (Lipinski definition) is 8. The molecule has 1 atom stereocenters. The Balaban J connectivity index is 1.98. The minimum absolute atomic E-state index is 0.0154. The molecule has 1 aliphatic rings. The highest BCUT2D eigenvalue weighted by Crippen LogP contribution is 2.36. The number of carbonyl (C=O) groups is 1. The lowest BCUT2D eigenvalue weighted by Crippen LogP contribution is -2.36. The molecule has 1 fully saturated rings. The highest BCUT2D eigenvalue weighted by atomic mass is 32.2. The molecule has 2 aromatic rings. The van der Waals surface area contributed by atoms with Crippen LogP contribution >= 0.6 is 24.0 Å². The lowest BCUT2D eigenvalue weighted by atomic mass is 10.0. The van der Waals surface area contributed by atoms with Crippen LogP contribution in [0.1, 0.15) is 42.5 Å². The third-order valence-electron chi connectivity index (χ3n) is 6.28. The summed E-state index contributed by atoms with van der Waals surface area (Å²) in [6.45, 7) is 6.19. The Bertz CT molecular complexity index is 1330. The molecule has 1 aliphatic heterocycles. The van der Waals surface area contributed by atoms with Crippen molar-refractivity contribution in [3.05, 3.63) is 55.7 Å². The smallest absolute Gasteiger partial charge is 0.270 e. The van der Waals surface area contributed by atoms with E-state index in [1.54, 1.807) is 39.2 Å². The zero-order chi connectivity index (χ0) is 26.6. The number of nitriles is 1. The van der Waals surface area contributed by atoms with Crippen LogP contribution < -0.4 is 20.3 Å². The maximum atomic E-state index is 13.1. The second kappa shape index (κ2) is 11.6. The molecule has 190 valence electrons. The zero-order valence-electron chi connectivity index (χ0n) is 21.3. The number of hydrogen-bond donors (Lipinski definition) is 1. The third-order valence-corrected chi connectivity index (χ3v) is 7.61. The highest BCUT2D eigenvalue weighted by molar-refractivity contribution is 8.26. The van der Waals surface area contributed by atoms with Crippen molar-refractivity contribution in [3.8, 4) is 17.6 Å². The second-order valence-corrected chi connectivity index (χ2v) is 10.1. The van der Waals surface area contributed by atoms with Crippen molar-refractivity contribution >= 4 is 46.1 Å². The summed E-state index contributed by atoms with van der Waals surface area (Å²) >= 11 is 6.70. The number of nitrogens with zero attached hydrogens (tertiary/aromatic N) is 3. The van der Waals surface area contributed by atoms with Gasteiger partial charge >= 0.3 is 0 Å². The number of carbonyl (C=O) groups excluding carboxylic acids is 1. The number of rotatable bonds is 9. The number of thioether (sulfide) groups is 1. The van der Waals surface area contributed by atoms with Gasteiger partial charge in [0.25, 0.3) is 11.5 Å². The molecule has 2 heterocycles. The summed E-state index contributed by atoms with van der Waals surface area (Å²) in [6.07, 6.45) is 3.15. The molecule has 8 nitrogen and oxygen atoms in total. The van der Waals surface area contributed by atoms with Crippen LogP contribution in [0, 0.1) is 18.3 Å². The summed E-state index contributed by atoms with van der Waals surface area (Å²) in [5.41, 5.74) is 1.81. The van der Waals surface area contributed by atoms with Crippen LogP contribution in [-0.4, -0.2) is 46.5 Å². The number of pyridine rings is 1. The van der Waals surface area contributed by atoms with E-state index < -0.39 is 5.56 Å². The van der Waals surface area contributed by atoms with Crippen LogP contribution in [0.25, 0.3) is 6.08 Å². The average molecular weight is 527 g/mol. The maximum Gasteiger partial charge on any atom is 0.270 e.